The minimum absolute atomic E-state index is 0.109. The standard InChI is InChI=1S/C26H26O12/c1-36-19-11-15(3-7-17(19)28)5-9-23(31)38-21-13-26(35,25(33)34)12-20(24(21)32)37-22(30)8-4-14-2-6-16(27)18(29)10-14/h2-11,20-21,24,27-29,32,35H,12-13H2,1H3,(H,33,34)/b8-4+,9-5+/t20-,21-,24-,26+/m1/s1. The molecule has 2 aromatic rings. The van der Waals surface area contributed by atoms with E-state index in [-0.39, 0.29) is 17.2 Å². The topological polar surface area (TPSA) is 200 Å². The number of aliphatic hydroxyl groups excluding tert-OH is 1. The maximum absolute atomic E-state index is 12.4. The summed E-state index contributed by atoms with van der Waals surface area (Å²) in [6, 6.07) is 8.05. The third-order valence-corrected chi connectivity index (χ3v) is 5.80. The Kier molecular flexibility index (Phi) is 8.61. The Morgan fingerprint density at radius 3 is 1.82 bits per heavy atom. The van der Waals surface area contributed by atoms with Gasteiger partial charge in [0.2, 0.25) is 0 Å². The molecular formula is C26H26O12. The van der Waals surface area contributed by atoms with E-state index in [2.05, 4.69) is 0 Å². The third kappa shape index (κ3) is 6.81. The summed E-state index contributed by atoms with van der Waals surface area (Å²) in [5, 5.41) is 59.3. The molecule has 1 aliphatic rings. The van der Waals surface area contributed by atoms with Crippen LogP contribution in [0.3, 0.4) is 0 Å². The van der Waals surface area contributed by atoms with E-state index in [9.17, 15) is 45.0 Å². The van der Waals surface area contributed by atoms with Crippen LogP contribution in [-0.2, 0) is 23.9 Å². The minimum Gasteiger partial charge on any atom is -0.504 e. The highest BCUT2D eigenvalue weighted by Gasteiger charge is 2.52. The molecule has 1 saturated carbocycles. The molecule has 3 rings (SSSR count). The van der Waals surface area contributed by atoms with Gasteiger partial charge in [0.1, 0.15) is 18.3 Å². The summed E-state index contributed by atoms with van der Waals surface area (Å²) >= 11 is 0. The van der Waals surface area contributed by atoms with E-state index in [0.29, 0.717) is 11.1 Å². The number of aliphatic carboxylic acids is 1. The largest absolute Gasteiger partial charge is 0.504 e. The molecule has 0 aliphatic heterocycles. The first-order chi connectivity index (χ1) is 17.9. The fourth-order valence-electron chi connectivity index (χ4n) is 3.77. The van der Waals surface area contributed by atoms with E-state index < -0.39 is 60.4 Å². The molecule has 38 heavy (non-hydrogen) atoms. The fourth-order valence-corrected chi connectivity index (χ4v) is 3.77. The van der Waals surface area contributed by atoms with Crippen LogP contribution < -0.4 is 4.74 Å². The molecule has 4 atom stereocenters. The maximum atomic E-state index is 12.4. The average Bonchev–Trinajstić information content (AvgIpc) is 2.87. The highest BCUT2D eigenvalue weighted by molar-refractivity contribution is 5.88. The van der Waals surface area contributed by atoms with Gasteiger partial charge in [-0.25, -0.2) is 14.4 Å². The van der Waals surface area contributed by atoms with Crippen molar-refractivity contribution in [3.8, 4) is 23.0 Å². The monoisotopic (exact) mass is 530 g/mol. The molecule has 0 spiro atoms. The summed E-state index contributed by atoms with van der Waals surface area (Å²) in [5.41, 5.74) is -1.67. The van der Waals surface area contributed by atoms with Crippen molar-refractivity contribution in [3.63, 3.8) is 0 Å². The summed E-state index contributed by atoms with van der Waals surface area (Å²) in [4.78, 5) is 36.4. The zero-order valence-electron chi connectivity index (χ0n) is 20.1. The van der Waals surface area contributed by atoms with Crippen molar-refractivity contribution >= 4 is 30.1 Å². The van der Waals surface area contributed by atoms with Crippen LogP contribution in [0.2, 0.25) is 0 Å². The van der Waals surface area contributed by atoms with E-state index >= 15 is 0 Å². The van der Waals surface area contributed by atoms with Gasteiger partial charge in [-0.05, 0) is 47.5 Å². The highest BCUT2D eigenvalue weighted by Crippen LogP contribution is 2.33. The van der Waals surface area contributed by atoms with E-state index in [4.69, 9.17) is 14.2 Å². The van der Waals surface area contributed by atoms with Gasteiger partial charge in [0.25, 0.3) is 0 Å². The van der Waals surface area contributed by atoms with Gasteiger partial charge < -0.3 is 44.8 Å². The molecule has 202 valence electrons. The molecule has 0 bridgehead atoms. The number of phenols is 3. The van der Waals surface area contributed by atoms with Crippen molar-refractivity contribution in [2.24, 2.45) is 0 Å². The lowest BCUT2D eigenvalue weighted by atomic mass is 9.79. The number of ether oxygens (including phenoxy) is 3. The lowest BCUT2D eigenvalue weighted by Gasteiger charge is -2.40. The van der Waals surface area contributed by atoms with Gasteiger partial charge in [-0.1, -0.05) is 12.1 Å². The number of phenolic OH excluding ortho intramolecular Hbond substituents is 3. The molecule has 12 nitrogen and oxygen atoms in total. The normalized spacial score (nSPS) is 23.3. The van der Waals surface area contributed by atoms with Crippen molar-refractivity contribution in [1.29, 1.82) is 0 Å². The van der Waals surface area contributed by atoms with Gasteiger partial charge in [0, 0.05) is 25.0 Å². The Morgan fingerprint density at radius 1 is 0.842 bits per heavy atom. The molecule has 2 aromatic carbocycles. The predicted molar refractivity (Wildman–Crippen MR) is 130 cm³/mol. The van der Waals surface area contributed by atoms with Crippen molar-refractivity contribution in [3.05, 3.63) is 59.7 Å². The van der Waals surface area contributed by atoms with Crippen LogP contribution in [0.4, 0.5) is 0 Å². The molecule has 12 heteroatoms. The number of rotatable bonds is 8. The first-order valence-electron chi connectivity index (χ1n) is 11.2. The number of methoxy groups -OCH3 is 1. The maximum Gasteiger partial charge on any atom is 0.335 e. The molecule has 0 unspecified atom stereocenters. The van der Waals surface area contributed by atoms with E-state index in [1.807, 2.05) is 0 Å². The van der Waals surface area contributed by atoms with Gasteiger partial charge in [-0.15, -0.1) is 0 Å². The second kappa shape index (κ2) is 11.7. The lowest BCUT2D eigenvalue weighted by Crippen LogP contribution is -2.58. The number of carboxylic acid groups (broad SMARTS) is 1. The van der Waals surface area contributed by atoms with Crippen LogP contribution in [0.1, 0.15) is 24.0 Å². The SMILES string of the molecule is COc1cc(/C=C/C(=O)O[C@@H]2C[C@](O)(C(=O)O)C[C@@H](OC(=O)/C=C/c3ccc(O)c(O)c3)[C@H]2O)ccc1O. The van der Waals surface area contributed by atoms with Crippen LogP contribution >= 0.6 is 0 Å². The summed E-state index contributed by atoms with van der Waals surface area (Å²) in [5.74, 6) is -4.37. The van der Waals surface area contributed by atoms with Crippen LogP contribution in [-0.4, -0.2) is 79.6 Å². The Labute approximate surface area is 216 Å². The van der Waals surface area contributed by atoms with Gasteiger partial charge in [-0.3, -0.25) is 0 Å². The Balaban J connectivity index is 1.71. The van der Waals surface area contributed by atoms with Gasteiger partial charge in [-0.2, -0.15) is 0 Å². The number of hydrogen-bond acceptors (Lipinski definition) is 11. The first kappa shape index (κ1) is 28.0. The number of carbonyl (C=O) groups excluding carboxylic acids is 2. The van der Waals surface area contributed by atoms with Crippen LogP contribution in [0.15, 0.2) is 48.6 Å². The number of aliphatic hydroxyl groups is 2. The molecule has 0 radical (unpaired) electrons. The first-order valence-corrected chi connectivity index (χ1v) is 11.2. The Bertz CT molecular complexity index is 1270. The van der Waals surface area contributed by atoms with Gasteiger partial charge in [0.15, 0.2) is 28.6 Å². The lowest BCUT2D eigenvalue weighted by molar-refractivity contribution is -0.203. The fraction of sp³-hybridized carbons (Fsp3) is 0.269. The quantitative estimate of drug-likeness (QED) is 0.163. The second-order valence-electron chi connectivity index (χ2n) is 8.53. The van der Waals surface area contributed by atoms with Crippen LogP contribution in [0.25, 0.3) is 12.2 Å². The molecule has 6 N–H and O–H groups in total. The van der Waals surface area contributed by atoms with E-state index in [1.165, 1.54) is 55.7 Å². The smallest absolute Gasteiger partial charge is 0.335 e. The van der Waals surface area contributed by atoms with Gasteiger partial charge in [0.05, 0.1) is 7.11 Å². The predicted octanol–water partition coefficient (Wildman–Crippen LogP) is 1.33. The number of esters is 2. The molecule has 0 saturated heterocycles. The molecule has 0 heterocycles. The number of benzene rings is 2. The summed E-state index contributed by atoms with van der Waals surface area (Å²) in [6.45, 7) is 0. The van der Waals surface area contributed by atoms with Gasteiger partial charge >= 0.3 is 17.9 Å². The van der Waals surface area contributed by atoms with E-state index in [1.54, 1.807) is 0 Å². The number of carboxylic acids is 1. The Morgan fingerprint density at radius 2 is 1.34 bits per heavy atom. The van der Waals surface area contributed by atoms with Crippen molar-refractivity contribution in [1.82, 2.24) is 0 Å². The van der Waals surface area contributed by atoms with Crippen molar-refractivity contribution < 1.29 is 59.2 Å². The molecule has 0 amide bonds. The average molecular weight is 530 g/mol. The summed E-state index contributed by atoms with van der Waals surface area (Å²) in [6.07, 6.45) is -1.58. The molecule has 1 fully saturated rings. The zero-order chi connectivity index (χ0) is 28.0. The number of carbonyl (C=O) groups is 3. The zero-order valence-corrected chi connectivity index (χ0v) is 20.1. The summed E-state index contributed by atoms with van der Waals surface area (Å²) < 4.78 is 15.3. The van der Waals surface area contributed by atoms with Crippen LogP contribution in [0.5, 0.6) is 23.0 Å². The van der Waals surface area contributed by atoms with Crippen molar-refractivity contribution in [2.75, 3.05) is 7.11 Å². The molecule has 0 aromatic heterocycles. The van der Waals surface area contributed by atoms with E-state index in [0.717, 1.165) is 12.2 Å². The molecule has 1 aliphatic carbocycles. The number of aromatic hydroxyl groups is 3. The molecular weight excluding hydrogens is 504 g/mol. The van der Waals surface area contributed by atoms with Crippen molar-refractivity contribution in [2.45, 2.75) is 36.8 Å². The van der Waals surface area contributed by atoms with Crippen LogP contribution in [0, 0.1) is 0 Å². The minimum atomic E-state index is -2.46. The summed E-state index contributed by atoms with van der Waals surface area (Å²) in [7, 11) is 1.35. The second-order valence-corrected chi connectivity index (χ2v) is 8.53. The Hall–Kier alpha value is -4.55. The number of hydrogen-bond donors (Lipinski definition) is 6. The third-order valence-electron chi connectivity index (χ3n) is 5.80. The highest BCUT2D eigenvalue weighted by atomic mass is 16.6.